The number of carbonyl (C=O) groups excluding carboxylic acids is 1. The average molecular weight is 253 g/mol. The van der Waals surface area contributed by atoms with Gasteiger partial charge in [-0.15, -0.1) is 12.4 Å². The molecule has 0 unspecified atom stereocenters. The Hall–Kier alpha value is -0.320. The average Bonchev–Trinajstić information content (AvgIpc) is 2.17. The number of rotatable bonds is 9. The Morgan fingerprint density at radius 2 is 1.94 bits per heavy atom. The molecular formula is C11H25ClN2O2. The van der Waals surface area contributed by atoms with Crippen LogP contribution in [0, 0.1) is 0 Å². The van der Waals surface area contributed by atoms with E-state index in [1.165, 1.54) is 0 Å². The molecule has 16 heavy (non-hydrogen) atoms. The highest BCUT2D eigenvalue weighted by Gasteiger charge is 1.99. The summed E-state index contributed by atoms with van der Waals surface area (Å²) in [7, 11) is 1.89. The molecule has 0 aromatic carbocycles. The van der Waals surface area contributed by atoms with Crippen LogP contribution in [-0.4, -0.2) is 38.8 Å². The van der Waals surface area contributed by atoms with Crippen molar-refractivity contribution >= 4 is 18.3 Å². The van der Waals surface area contributed by atoms with E-state index in [9.17, 15) is 4.79 Å². The van der Waals surface area contributed by atoms with Gasteiger partial charge in [-0.3, -0.25) is 4.79 Å². The first-order chi connectivity index (χ1) is 7.16. The number of carbonyl (C=O) groups is 1. The molecule has 0 aliphatic heterocycles. The topological polar surface area (TPSA) is 50.4 Å². The number of nitrogens with one attached hydrogen (secondary N) is 2. The van der Waals surface area contributed by atoms with Gasteiger partial charge in [-0.05, 0) is 40.3 Å². The van der Waals surface area contributed by atoms with E-state index in [0.717, 1.165) is 19.4 Å². The molecule has 1 amide bonds. The van der Waals surface area contributed by atoms with Gasteiger partial charge in [-0.25, -0.2) is 0 Å². The second-order valence-electron chi connectivity index (χ2n) is 3.83. The maximum atomic E-state index is 11.2. The molecule has 5 heteroatoms. The van der Waals surface area contributed by atoms with Gasteiger partial charge in [0.25, 0.3) is 0 Å². The summed E-state index contributed by atoms with van der Waals surface area (Å²) < 4.78 is 5.36. The quantitative estimate of drug-likeness (QED) is 0.609. The molecule has 0 saturated heterocycles. The van der Waals surface area contributed by atoms with Crippen molar-refractivity contribution < 1.29 is 9.53 Å². The third-order valence-corrected chi connectivity index (χ3v) is 1.93. The van der Waals surface area contributed by atoms with Crippen LogP contribution in [0.15, 0.2) is 0 Å². The van der Waals surface area contributed by atoms with Gasteiger partial charge in [0.1, 0.15) is 0 Å². The van der Waals surface area contributed by atoms with Crippen molar-refractivity contribution in [1.82, 2.24) is 10.6 Å². The van der Waals surface area contributed by atoms with E-state index < -0.39 is 0 Å². The highest BCUT2D eigenvalue weighted by molar-refractivity contribution is 5.85. The summed E-state index contributed by atoms with van der Waals surface area (Å²) >= 11 is 0. The first-order valence-electron chi connectivity index (χ1n) is 5.69. The number of ether oxygens (including phenoxy) is 1. The largest absolute Gasteiger partial charge is 0.379 e. The molecular weight excluding hydrogens is 228 g/mol. The third kappa shape index (κ3) is 13.7. The fourth-order valence-electron chi connectivity index (χ4n) is 1.13. The van der Waals surface area contributed by atoms with Gasteiger partial charge in [-0.2, -0.15) is 0 Å². The molecule has 0 rings (SSSR count). The molecule has 0 aromatic heterocycles. The fraction of sp³-hybridized carbons (Fsp3) is 0.909. The van der Waals surface area contributed by atoms with Crippen molar-refractivity contribution in [3.63, 3.8) is 0 Å². The number of hydrogen-bond donors (Lipinski definition) is 2. The Labute approximate surface area is 105 Å². The number of hydrogen-bond acceptors (Lipinski definition) is 3. The molecule has 0 spiro atoms. The van der Waals surface area contributed by atoms with Gasteiger partial charge < -0.3 is 15.4 Å². The van der Waals surface area contributed by atoms with Crippen molar-refractivity contribution in [2.75, 3.05) is 26.7 Å². The minimum Gasteiger partial charge on any atom is -0.379 e. The molecule has 0 aliphatic rings. The Kier molecular flexibility index (Phi) is 14.4. The second-order valence-corrected chi connectivity index (χ2v) is 3.83. The van der Waals surface area contributed by atoms with Crippen LogP contribution in [-0.2, 0) is 9.53 Å². The lowest BCUT2D eigenvalue weighted by atomic mass is 10.3. The maximum Gasteiger partial charge on any atom is 0.220 e. The summed E-state index contributed by atoms with van der Waals surface area (Å²) in [4.78, 5) is 11.2. The zero-order valence-corrected chi connectivity index (χ0v) is 11.4. The Morgan fingerprint density at radius 1 is 1.25 bits per heavy atom. The van der Waals surface area contributed by atoms with E-state index in [4.69, 9.17) is 4.74 Å². The summed E-state index contributed by atoms with van der Waals surface area (Å²) in [6.07, 6.45) is 2.66. The highest BCUT2D eigenvalue weighted by atomic mass is 35.5. The molecule has 0 radical (unpaired) electrons. The molecule has 0 fully saturated rings. The van der Waals surface area contributed by atoms with Gasteiger partial charge in [0.15, 0.2) is 0 Å². The summed E-state index contributed by atoms with van der Waals surface area (Å²) in [5.74, 6) is 0.134. The monoisotopic (exact) mass is 252 g/mol. The van der Waals surface area contributed by atoms with Crippen LogP contribution in [0.5, 0.6) is 0 Å². The van der Waals surface area contributed by atoms with Crippen molar-refractivity contribution in [2.45, 2.75) is 39.2 Å². The van der Waals surface area contributed by atoms with Crippen LogP contribution >= 0.6 is 12.4 Å². The van der Waals surface area contributed by atoms with Gasteiger partial charge in [-0.1, -0.05) is 0 Å². The smallest absolute Gasteiger partial charge is 0.220 e. The normalized spacial score (nSPS) is 10.0. The molecule has 2 N–H and O–H groups in total. The lowest BCUT2D eigenvalue weighted by Crippen LogP contribution is -2.26. The first kappa shape index (κ1) is 18.1. The third-order valence-electron chi connectivity index (χ3n) is 1.93. The van der Waals surface area contributed by atoms with Crippen LogP contribution in [0.1, 0.15) is 33.1 Å². The van der Waals surface area contributed by atoms with Crippen molar-refractivity contribution in [3.8, 4) is 0 Å². The van der Waals surface area contributed by atoms with Crippen molar-refractivity contribution in [1.29, 1.82) is 0 Å². The first-order valence-corrected chi connectivity index (χ1v) is 5.69. The van der Waals surface area contributed by atoms with Crippen molar-refractivity contribution in [2.24, 2.45) is 0 Å². The minimum absolute atomic E-state index is 0. The van der Waals surface area contributed by atoms with Crippen LogP contribution < -0.4 is 10.6 Å². The summed E-state index contributed by atoms with van der Waals surface area (Å²) in [5, 5.41) is 5.88. The molecule has 0 heterocycles. The molecule has 0 bridgehead atoms. The van der Waals surface area contributed by atoms with Gasteiger partial charge in [0.05, 0.1) is 6.10 Å². The summed E-state index contributed by atoms with van der Waals surface area (Å²) in [6.45, 7) is 6.34. The maximum absolute atomic E-state index is 11.2. The predicted molar refractivity (Wildman–Crippen MR) is 69.1 cm³/mol. The zero-order valence-electron chi connectivity index (χ0n) is 10.5. The highest BCUT2D eigenvalue weighted by Crippen LogP contribution is 1.90. The van der Waals surface area contributed by atoms with E-state index in [-0.39, 0.29) is 24.4 Å². The molecule has 4 nitrogen and oxygen atoms in total. The SMILES string of the molecule is CNCCCC(=O)NCCCOC(C)C.Cl. The molecule has 0 saturated carbocycles. The van der Waals surface area contributed by atoms with Crippen molar-refractivity contribution in [3.05, 3.63) is 0 Å². The number of halogens is 1. The van der Waals surface area contributed by atoms with E-state index in [2.05, 4.69) is 10.6 Å². The van der Waals surface area contributed by atoms with E-state index in [0.29, 0.717) is 19.6 Å². The Bertz CT molecular complexity index is 166. The molecule has 98 valence electrons. The standard InChI is InChI=1S/C11H24N2O2.ClH/c1-10(2)15-9-5-8-13-11(14)6-4-7-12-3;/h10,12H,4-9H2,1-3H3,(H,13,14);1H. The Balaban J connectivity index is 0. The molecule has 0 atom stereocenters. The van der Waals surface area contributed by atoms with Gasteiger partial charge in [0, 0.05) is 19.6 Å². The Morgan fingerprint density at radius 3 is 2.50 bits per heavy atom. The van der Waals surface area contributed by atoms with Crippen LogP contribution in [0.25, 0.3) is 0 Å². The minimum atomic E-state index is 0. The van der Waals surface area contributed by atoms with Crippen LogP contribution in [0.2, 0.25) is 0 Å². The zero-order chi connectivity index (χ0) is 11.5. The lowest BCUT2D eigenvalue weighted by Gasteiger charge is -2.08. The van der Waals surface area contributed by atoms with E-state index in [1.807, 2.05) is 20.9 Å². The summed E-state index contributed by atoms with van der Waals surface area (Å²) in [6, 6.07) is 0. The molecule has 0 aromatic rings. The van der Waals surface area contributed by atoms with Crippen LogP contribution in [0.3, 0.4) is 0 Å². The lowest BCUT2D eigenvalue weighted by molar-refractivity contribution is -0.121. The van der Waals surface area contributed by atoms with E-state index in [1.54, 1.807) is 0 Å². The predicted octanol–water partition coefficient (Wildman–Crippen LogP) is 1.34. The van der Waals surface area contributed by atoms with Crippen LogP contribution in [0.4, 0.5) is 0 Å². The van der Waals surface area contributed by atoms with Gasteiger partial charge in [0.2, 0.25) is 5.91 Å². The second kappa shape index (κ2) is 12.7. The number of amides is 1. The molecule has 0 aliphatic carbocycles. The summed E-state index contributed by atoms with van der Waals surface area (Å²) in [5.41, 5.74) is 0. The van der Waals surface area contributed by atoms with E-state index >= 15 is 0 Å². The fourth-order valence-corrected chi connectivity index (χ4v) is 1.13. The van der Waals surface area contributed by atoms with Gasteiger partial charge >= 0.3 is 0 Å².